The Morgan fingerprint density at radius 3 is 2.88 bits per heavy atom. The van der Waals surface area contributed by atoms with Gasteiger partial charge in [-0.2, -0.15) is 0 Å². The Morgan fingerprint density at radius 1 is 1.35 bits per heavy atom. The van der Waals surface area contributed by atoms with Gasteiger partial charge in [-0.25, -0.2) is 0 Å². The van der Waals surface area contributed by atoms with E-state index >= 15 is 0 Å². The molecule has 17 heavy (non-hydrogen) atoms. The van der Waals surface area contributed by atoms with E-state index in [2.05, 4.69) is 19.9 Å². The molecule has 1 saturated carbocycles. The van der Waals surface area contributed by atoms with Crippen LogP contribution in [0.4, 0.5) is 5.69 Å². The minimum absolute atomic E-state index is 0.147. The summed E-state index contributed by atoms with van der Waals surface area (Å²) in [6, 6.07) is 8.01. The normalized spacial score (nSPS) is 26.7. The first-order valence-electron chi connectivity index (χ1n) is 6.66. The molecule has 0 amide bonds. The second-order valence-electron chi connectivity index (χ2n) is 5.34. The van der Waals surface area contributed by atoms with Crippen molar-refractivity contribution in [2.24, 2.45) is 5.92 Å². The first kappa shape index (κ1) is 12.4. The minimum atomic E-state index is 0.147. The first-order chi connectivity index (χ1) is 8.15. The molecular formula is C15H23NO. The third kappa shape index (κ3) is 3.47. The Balaban J connectivity index is 1.94. The van der Waals surface area contributed by atoms with Gasteiger partial charge in [-0.3, -0.25) is 0 Å². The fraction of sp³-hybridized carbons (Fsp3) is 0.600. The Morgan fingerprint density at radius 2 is 2.18 bits per heavy atom. The van der Waals surface area contributed by atoms with E-state index < -0.39 is 0 Å². The van der Waals surface area contributed by atoms with Gasteiger partial charge in [0.1, 0.15) is 0 Å². The highest BCUT2D eigenvalue weighted by Crippen LogP contribution is 2.30. The summed E-state index contributed by atoms with van der Waals surface area (Å²) in [7, 11) is 0. The molecule has 1 aromatic rings. The maximum atomic E-state index is 6.15. The average Bonchev–Trinajstić information content (AvgIpc) is 2.29. The highest BCUT2D eigenvalue weighted by atomic mass is 16.5. The molecule has 1 aromatic carbocycles. The molecule has 0 aliphatic heterocycles. The molecule has 0 saturated heterocycles. The van der Waals surface area contributed by atoms with Gasteiger partial charge < -0.3 is 10.5 Å². The number of nitrogen functional groups attached to an aromatic ring is 1. The molecule has 2 heteroatoms. The van der Waals surface area contributed by atoms with Crippen molar-refractivity contribution in [2.45, 2.75) is 51.7 Å². The van der Waals surface area contributed by atoms with Crippen LogP contribution in [0.2, 0.25) is 0 Å². The van der Waals surface area contributed by atoms with E-state index in [1.165, 1.54) is 31.2 Å². The monoisotopic (exact) mass is 233 g/mol. The summed E-state index contributed by atoms with van der Waals surface area (Å²) in [4.78, 5) is 0. The minimum Gasteiger partial charge on any atom is -0.399 e. The summed E-state index contributed by atoms with van der Waals surface area (Å²) in [5.74, 6) is 0.807. The fourth-order valence-electron chi connectivity index (χ4n) is 2.68. The zero-order chi connectivity index (χ0) is 12.3. The average molecular weight is 233 g/mol. The molecule has 3 atom stereocenters. The maximum Gasteiger partial charge on any atom is 0.0801 e. The van der Waals surface area contributed by atoms with Gasteiger partial charge in [0.25, 0.3) is 0 Å². The van der Waals surface area contributed by atoms with Gasteiger partial charge in [-0.1, -0.05) is 31.9 Å². The van der Waals surface area contributed by atoms with Gasteiger partial charge in [-0.05, 0) is 43.4 Å². The molecule has 0 aromatic heterocycles. The molecule has 1 aliphatic carbocycles. The van der Waals surface area contributed by atoms with Crippen LogP contribution in [0, 0.1) is 5.92 Å². The maximum absolute atomic E-state index is 6.15. The van der Waals surface area contributed by atoms with Gasteiger partial charge in [0.15, 0.2) is 0 Å². The lowest BCUT2D eigenvalue weighted by atomic mass is 9.88. The van der Waals surface area contributed by atoms with Crippen LogP contribution in [0.15, 0.2) is 24.3 Å². The zero-order valence-corrected chi connectivity index (χ0v) is 10.9. The van der Waals surface area contributed by atoms with E-state index in [0.29, 0.717) is 6.10 Å². The van der Waals surface area contributed by atoms with Gasteiger partial charge in [0.2, 0.25) is 0 Å². The van der Waals surface area contributed by atoms with Crippen LogP contribution < -0.4 is 5.73 Å². The molecule has 2 N–H and O–H groups in total. The molecule has 1 aliphatic rings. The summed E-state index contributed by atoms with van der Waals surface area (Å²) < 4.78 is 6.15. The van der Waals surface area contributed by atoms with Crippen molar-refractivity contribution in [2.75, 3.05) is 5.73 Å². The SMILES string of the molecule is CC1CCCC(OC(C)c2cccc(N)c2)C1. The van der Waals surface area contributed by atoms with Crippen LogP contribution in [-0.4, -0.2) is 6.10 Å². The highest BCUT2D eigenvalue weighted by Gasteiger charge is 2.21. The number of benzene rings is 1. The molecule has 0 bridgehead atoms. The van der Waals surface area contributed by atoms with Crippen LogP contribution in [0.25, 0.3) is 0 Å². The van der Waals surface area contributed by atoms with Crippen molar-refractivity contribution < 1.29 is 4.74 Å². The fourth-order valence-corrected chi connectivity index (χ4v) is 2.68. The number of hydrogen-bond donors (Lipinski definition) is 1. The van der Waals surface area contributed by atoms with Crippen LogP contribution in [-0.2, 0) is 4.74 Å². The third-order valence-corrected chi connectivity index (χ3v) is 3.66. The van der Waals surface area contributed by atoms with Gasteiger partial charge in [-0.15, -0.1) is 0 Å². The summed E-state index contributed by atoms with van der Waals surface area (Å²) >= 11 is 0. The largest absolute Gasteiger partial charge is 0.399 e. The van der Waals surface area contributed by atoms with E-state index in [9.17, 15) is 0 Å². The predicted molar refractivity (Wildman–Crippen MR) is 71.8 cm³/mol. The lowest BCUT2D eigenvalue weighted by Gasteiger charge is -2.29. The molecule has 94 valence electrons. The molecule has 0 spiro atoms. The van der Waals surface area contributed by atoms with Crippen molar-refractivity contribution >= 4 is 5.69 Å². The van der Waals surface area contributed by atoms with E-state index in [4.69, 9.17) is 10.5 Å². The van der Waals surface area contributed by atoms with Crippen LogP contribution in [0.3, 0.4) is 0 Å². The smallest absolute Gasteiger partial charge is 0.0801 e. The standard InChI is InChI=1S/C15H23NO/c1-11-5-3-8-15(9-11)17-12(2)13-6-4-7-14(16)10-13/h4,6-7,10-12,15H,3,5,8-9,16H2,1-2H3. The zero-order valence-electron chi connectivity index (χ0n) is 10.9. The van der Waals surface area contributed by atoms with Crippen LogP contribution in [0.1, 0.15) is 51.2 Å². The second kappa shape index (κ2) is 5.54. The van der Waals surface area contributed by atoms with Crippen molar-refractivity contribution in [3.05, 3.63) is 29.8 Å². The van der Waals surface area contributed by atoms with Crippen molar-refractivity contribution in [3.8, 4) is 0 Å². The van der Waals surface area contributed by atoms with E-state index in [1.807, 2.05) is 18.2 Å². The Labute approximate surface area is 104 Å². The lowest BCUT2D eigenvalue weighted by Crippen LogP contribution is -2.22. The molecule has 1 fully saturated rings. The lowest BCUT2D eigenvalue weighted by molar-refractivity contribution is -0.0317. The van der Waals surface area contributed by atoms with E-state index in [0.717, 1.165) is 11.6 Å². The summed E-state index contributed by atoms with van der Waals surface area (Å²) in [6.07, 6.45) is 5.63. The van der Waals surface area contributed by atoms with Crippen LogP contribution >= 0.6 is 0 Å². The van der Waals surface area contributed by atoms with Crippen LogP contribution in [0.5, 0.6) is 0 Å². The number of ether oxygens (including phenoxy) is 1. The Kier molecular flexibility index (Phi) is 4.06. The van der Waals surface area contributed by atoms with Crippen molar-refractivity contribution in [3.63, 3.8) is 0 Å². The number of nitrogens with two attached hydrogens (primary N) is 1. The molecule has 0 heterocycles. The first-order valence-corrected chi connectivity index (χ1v) is 6.66. The molecule has 2 nitrogen and oxygen atoms in total. The quantitative estimate of drug-likeness (QED) is 0.803. The number of anilines is 1. The molecular weight excluding hydrogens is 210 g/mol. The van der Waals surface area contributed by atoms with Gasteiger partial charge in [0, 0.05) is 5.69 Å². The Hall–Kier alpha value is -1.02. The van der Waals surface area contributed by atoms with Gasteiger partial charge >= 0.3 is 0 Å². The second-order valence-corrected chi connectivity index (χ2v) is 5.34. The van der Waals surface area contributed by atoms with Crippen molar-refractivity contribution in [1.82, 2.24) is 0 Å². The summed E-state index contributed by atoms with van der Waals surface area (Å²) in [5, 5.41) is 0. The predicted octanol–water partition coefficient (Wildman–Crippen LogP) is 3.93. The van der Waals surface area contributed by atoms with Gasteiger partial charge in [0.05, 0.1) is 12.2 Å². The molecule has 2 rings (SSSR count). The summed E-state index contributed by atoms with van der Waals surface area (Å²) in [5.41, 5.74) is 7.79. The third-order valence-electron chi connectivity index (χ3n) is 3.66. The van der Waals surface area contributed by atoms with E-state index in [1.54, 1.807) is 0 Å². The topological polar surface area (TPSA) is 35.2 Å². The molecule has 3 unspecified atom stereocenters. The molecule has 0 radical (unpaired) electrons. The van der Waals surface area contributed by atoms with E-state index in [-0.39, 0.29) is 6.10 Å². The number of rotatable bonds is 3. The summed E-state index contributed by atoms with van der Waals surface area (Å²) in [6.45, 7) is 4.44. The number of hydrogen-bond acceptors (Lipinski definition) is 2. The Bertz CT molecular complexity index is 364. The van der Waals surface area contributed by atoms with Crippen molar-refractivity contribution in [1.29, 1.82) is 0 Å². The highest BCUT2D eigenvalue weighted by molar-refractivity contribution is 5.41.